The lowest BCUT2D eigenvalue weighted by Crippen LogP contribution is -2.25. The zero-order chi connectivity index (χ0) is 15.5. The van der Waals surface area contributed by atoms with Crippen LogP contribution in [0.4, 0.5) is 3.89 Å². The monoisotopic (exact) mass is 316 g/mol. The van der Waals surface area contributed by atoms with Crippen LogP contribution in [-0.2, 0) is 21.6 Å². The molecule has 0 bridgehead atoms. The lowest BCUT2D eigenvalue weighted by atomic mass is 10.1. The lowest BCUT2D eigenvalue weighted by Gasteiger charge is -2.16. The van der Waals surface area contributed by atoms with Gasteiger partial charge in [-0.1, -0.05) is 6.07 Å². The third-order valence-electron chi connectivity index (χ3n) is 3.19. The van der Waals surface area contributed by atoms with Crippen LogP contribution in [0.1, 0.15) is 18.9 Å². The molecule has 1 aliphatic heterocycles. The van der Waals surface area contributed by atoms with Crippen LogP contribution >= 0.6 is 0 Å². The molecule has 0 radical (unpaired) electrons. The van der Waals surface area contributed by atoms with E-state index < -0.39 is 21.9 Å². The van der Waals surface area contributed by atoms with Gasteiger partial charge < -0.3 is 9.64 Å². The maximum absolute atomic E-state index is 12.7. The van der Waals surface area contributed by atoms with Crippen molar-refractivity contribution in [1.82, 2.24) is 9.88 Å². The van der Waals surface area contributed by atoms with Crippen LogP contribution in [0, 0.1) is 5.92 Å². The molecule has 1 saturated heterocycles. The fourth-order valence-corrected chi connectivity index (χ4v) is 3.14. The Morgan fingerprint density at radius 1 is 1.48 bits per heavy atom. The normalized spacial score (nSPS) is 19.0. The Hall–Kier alpha value is -1.70. The fraction of sp³-hybridized carbons (Fsp3) is 0.538. The molecule has 2 rings (SSSR count). The zero-order valence-electron chi connectivity index (χ0n) is 11.7. The average molecular weight is 316 g/mol. The Morgan fingerprint density at radius 2 is 2.24 bits per heavy atom. The molecule has 1 atom stereocenters. The van der Waals surface area contributed by atoms with Gasteiger partial charge in [0.2, 0.25) is 11.8 Å². The molecule has 1 amide bonds. The van der Waals surface area contributed by atoms with Crippen molar-refractivity contribution in [3.63, 3.8) is 0 Å². The molecule has 0 spiro atoms. The van der Waals surface area contributed by atoms with E-state index in [1.165, 1.54) is 4.90 Å². The van der Waals surface area contributed by atoms with Crippen LogP contribution < -0.4 is 4.74 Å². The number of carbonyl (C=O) groups excluding carboxylic acids is 1. The Kier molecular flexibility index (Phi) is 4.76. The molecule has 0 saturated carbocycles. The Morgan fingerprint density at radius 3 is 2.81 bits per heavy atom. The molecule has 1 unspecified atom stereocenters. The van der Waals surface area contributed by atoms with Gasteiger partial charge in [-0.25, -0.2) is 4.98 Å². The zero-order valence-corrected chi connectivity index (χ0v) is 12.5. The van der Waals surface area contributed by atoms with E-state index in [1.54, 1.807) is 18.3 Å². The van der Waals surface area contributed by atoms with Crippen molar-refractivity contribution in [3.05, 3.63) is 23.9 Å². The second kappa shape index (κ2) is 6.38. The minimum Gasteiger partial charge on any atom is -0.478 e. The van der Waals surface area contributed by atoms with Crippen LogP contribution in [0.5, 0.6) is 5.88 Å². The molecule has 0 aliphatic carbocycles. The summed E-state index contributed by atoms with van der Waals surface area (Å²) < 4.78 is 39.2. The highest BCUT2D eigenvalue weighted by Gasteiger charge is 2.32. The lowest BCUT2D eigenvalue weighted by molar-refractivity contribution is -0.128. The van der Waals surface area contributed by atoms with Gasteiger partial charge >= 0.3 is 10.2 Å². The minimum absolute atomic E-state index is 0.0631. The van der Waals surface area contributed by atoms with Crippen molar-refractivity contribution >= 4 is 16.1 Å². The number of pyridine rings is 1. The molecule has 6 nitrogen and oxygen atoms in total. The average Bonchev–Trinajstić information content (AvgIpc) is 2.70. The van der Waals surface area contributed by atoms with Crippen molar-refractivity contribution in [2.24, 2.45) is 5.92 Å². The Balaban J connectivity index is 1.95. The molecule has 0 aromatic carbocycles. The van der Waals surface area contributed by atoms with E-state index in [4.69, 9.17) is 4.74 Å². The van der Waals surface area contributed by atoms with Crippen LogP contribution in [0.2, 0.25) is 0 Å². The van der Waals surface area contributed by atoms with Gasteiger partial charge in [-0.05, 0) is 12.5 Å². The first-order valence-electron chi connectivity index (χ1n) is 6.65. The fourth-order valence-electron chi connectivity index (χ4n) is 2.36. The number of likely N-dealkylation sites (tertiary alicyclic amines) is 1. The Bertz CT molecular complexity index is 603. The maximum atomic E-state index is 12.7. The second-order valence-electron chi connectivity index (χ2n) is 4.99. The Labute approximate surface area is 123 Å². The molecule has 1 aliphatic rings. The summed E-state index contributed by atoms with van der Waals surface area (Å²) in [5.41, 5.74) is 0.815. The van der Waals surface area contributed by atoms with Gasteiger partial charge in [-0.3, -0.25) is 4.79 Å². The first-order valence-corrected chi connectivity index (χ1v) is 8.20. The first-order chi connectivity index (χ1) is 9.87. The summed E-state index contributed by atoms with van der Waals surface area (Å²) in [5.74, 6) is -0.743. The van der Waals surface area contributed by atoms with E-state index in [-0.39, 0.29) is 18.9 Å². The van der Waals surface area contributed by atoms with Gasteiger partial charge in [0.05, 0.1) is 12.4 Å². The quantitative estimate of drug-likeness (QED) is 0.735. The van der Waals surface area contributed by atoms with Crippen LogP contribution in [0.15, 0.2) is 18.3 Å². The number of aromatic nitrogens is 1. The molecular formula is C13H17FN2O4S. The van der Waals surface area contributed by atoms with E-state index in [9.17, 15) is 17.1 Å². The molecule has 8 heteroatoms. The molecule has 1 aromatic rings. The molecule has 1 fully saturated rings. The van der Waals surface area contributed by atoms with Crippen molar-refractivity contribution in [3.8, 4) is 5.88 Å². The molecule has 116 valence electrons. The number of hydrogen-bond donors (Lipinski definition) is 0. The number of ether oxygens (including phenoxy) is 1. The number of nitrogens with zero attached hydrogens (tertiary/aromatic N) is 2. The highest BCUT2D eigenvalue weighted by Crippen LogP contribution is 2.22. The number of hydrogen-bond acceptors (Lipinski definition) is 5. The highest BCUT2D eigenvalue weighted by molar-refractivity contribution is 7.86. The summed E-state index contributed by atoms with van der Waals surface area (Å²) in [6.45, 7) is 2.96. The van der Waals surface area contributed by atoms with Gasteiger partial charge in [0.25, 0.3) is 0 Å². The van der Waals surface area contributed by atoms with Gasteiger partial charge in [0, 0.05) is 37.7 Å². The third-order valence-corrected chi connectivity index (χ3v) is 4.06. The highest BCUT2D eigenvalue weighted by atomic mass is 32.3. The van der Waals surface area contributed by atoms with Crippen molar-refractivity contribution in [2.45, 2.75) is 19.9 Å². The summed E-state index contributed by atoms with van der Waals surface area (Å²) in [7, 11) is -4.55. The molecule has 1 aromatic heterocycles. The van der Waals surface area contributed by atoms with Gasteiger partial charge in [0.15, 0.2) is 0 Å². The molecular weight excluding hydrogens is 299 g/mol. The van der Waals surface area contributed by atoms with Crippen molar-refractivity contribution < 1.29 is 21.8 Å². The summed E-state index contributed by atoms with van der Waals surface area (Å²) >= 11 is 0. The van der Waals surface area contributed by atoms with Gasteiger partial charge in [-0.15, -0.1) is 3.89 Å². The summed E-state index contributed by atoms with van der Waals surface area (Å²) in [6.07, 6.45) is 1.67. The topological polar surface area (TPSA) is 76.6 Å². The van der Waals surface area contributed by atoms with Crippen molar-refractivity contribution in [1.29, 1.82) is 0 Å². The largest absolute Gasteiger partial charge is 0.478 e. The molecule has 21 heavy (non-hydrogen) atoms. The maximum Gasteiger partial charge on any atom is 0.302 e. The summed E-state index contributed by atoms with van der Waals surface area (Å²) in [5, 5.41) is 0. The standard InChI is InChI=1S/C13H17FN2O4S/c1-2-20-12-4-3-10(6-15-12)7-16-8-11(5-13(16)17)9-21(14,18)19/h3-4,6,11H,2,5,7-9H2,1H3. The van der Waals surface area contributed by atoms with Gasteiger partial charge in [-0.2, -0.15) is 8.42 Å². The number of halogens is 1. The predicted molar refractivity (Wildman–Crippen MR) is 73.8 cm³/mol. The number of rotatable bonds is 6. The van der Waals surface area contributed by atoms with E-state index in [1.807, 2.05) is 6.92 Å². The van der Waals surface area contributed by atoms with Crippen LogP contribution in [0.3, 0.4) is 0 Å². The van der Waals surface area contributed by atoms with E-state index in [0.29, 0.717) is 19.0 Å². The van der Waals surface area contributed by atoms with E-state index in [2.05, 4.69) is 4.98 Å². The number of carbonyl (C=O) groups is 1. The first kappa shape index (κ1) is 15.7. The van der Waals surface area contributed by atoms with Gasteiger partial charge in [0.1, 0.15) is 0 Å². The number of amides is 1. The molecule has 2 heterocycles. The van der Waals surface area contributed by atoms with Crippen LogP contribution in [-0.4, -0.2) is 43.1 Å². The van der Waals surface area contributed by atoms with Crippen LogP contribution in [0.25, 0.3) is 0 Å². The van der Waals surface area contributed by atoms with Crippen molar-refractivity contribution in [2.75, 3.05) is 18.9 Å². The second-order valence-corrected chi connectivity index (χ2v) is 6.40. The summed E-state index contributed by atoms with van der Waals surface area (Å²) in [6, 6.07) is 3.51. The third kappa shape index (κ3) is 4.66. The molecule has 0 N–H and O–H groups in total. The summed E-state index contributed by atoms with van der Waals surface area (Å²) in [4.78, 5) is 17.4. The smallest absolute Gasteiger partial charge is 0.302 e. The SMILES string of the molecule is CCOc1ccc(CN2CC(CS(=O)(=O)F)CC2=O)cn1. The minimum atomic E-state index is -4.55. The van der Waals surface area contributed by atoms with E-state index >= 15 is 0 Å². The van der Waals surface area contributed by atoms with E-state index in [0.717, 1.165) is 5.56 Å². The predicted octanol–water partition coefficient (Wildman–Crippen LogP) is 1.13.